The highest BCUT2D eigenvalue weighted by Crippen LogP contribution is 2.28. The second-order valence-electron chi connectivity index (χ2n) is 7.66. The number of rotatable bonds is 7. The van der Waals surface area contributed by atoms with Crippen LogP contribution < -0.4 is 11.2 Å². The van der Waals surface area contributed by atoms with Crippen LogP contribution >= 0.6 is 0 Å². The van der Waals surface area contributed by atoms with Crippen molar-refractivity contribution in [1.29, 1.82) is 0 Å². The van der Waals surface area contributed by atoms with Crippen molar-refractivity contribution < 1.29 is 14.3 Å². The van der Waals surface area contributed by atoms with Crippen molar-refractivity contribution >= 4 is 23.6 Å². The Kier molecular flexibility index (Phi) is 6.15. The maximum atomic E-state index is 13.0. The highest BCUT2D eigenvalue weighted by atomic mass is 16.6. The van der Waals surface area contributed by atoms with Crippen LogP contribution in [0, 0.1) is 10.1 Å². The van der Waals surface area contributed by atoms with Crippen molar-refractivity contribution in [2.45, 2.75) is 0 Å². The summed E-state index contributed by atoms with van der Waals surface area (Å²) in [5.41, 5.74) is 11.4. The molecule has 1 amide bonds. The molecule has 182 valence electrons. The first-order valence-electron chi connectivity index (χ1n) is 10.8. The number of nitrogens with one attached hydrogen (secondary N) is 1. The minimum Gasteiger partial charge on any atom is -0.378 e. The molecule has 2 heterocycles. The number of carbonyl (C=O) groups is 1. The lowest BCUT2D eigenvalue weighted by Crippen LogP contribution is -2.19. The Balaban J connectivity index is 1.40. The Hall–Kier alpha value is -5.72. The van der Waals surface area contributed by atoms with Crippen LogP contribution in [0.3, 0.4) is 0 Å². The number of nitrogens with zero attached hydrogens (tertiary/aromatic N) is 7. The first-order chi connectivity index (χ1) is 18.0. The van der Waals surface area contributed by atoms with Gasteiger partial charge in [-0.3, -0.25) is 14.9 Å². The maximum absolute atomic E-state index is 13.0. The molecule has 2 aromatic heterocycles. The SMILES string of the molecule is Nc1nonc1-n1nnc(C(=O)N/N=C\c2ccc(-c3ccccc3)cc2)c1-c1ccc([N+](=O)[O-])cc1. The van der Waals surface area contributed by atoms with Gasteiger partial charge in [-0.1, -0.05) is 59.8 Å². The average Bonchev–Trinajstić information content (AvgIpc) is 3.55. The van der Waals surface area contributed by atoms with Gasteiger partial charge in [0.1, 0.15) is 5.69 Å². The predicted octanol–water partition coefficient (Wildman–Crippen LogP) is 3.24. The fourth-order valence-electron chi connectivity index (χ4n) is 3.53. The third-order valence-electron chi connectivity index (χ3n) is 5.33. The quantitative estimate of drug-likeness (QED) is 0.195. The van der Waals surface area contributed by atoms with Gasteiger partial charge in [-0.05, 0) is 39.1 Å². The van der Waals surface area contributed by atoms with Gasteiger partial charge >= 0.3 is 0 Å². The zero-order valence-corrected chi connectivity index (χ0v) is 18.9. The topological polar surface area (TPSA) is 180 Å². The van der Waals surface area contributed by atoms with E-state index in [1.54, 1.807) is 0 Å². The molecular formula is C24H17N9O4. The third kappa shape index (κ3) is 4.77. The van der Waals surface area contributed by atoms with Gasteiger partial charge < -0.3 is 5.73 Å². The molecule has 37 heavy (non-hydrogen) atoms. The number of hydrazone groups is 1. The number of anilines is 1. The number of carbonyl (C=O) groups excluding carboxylic acids is 1. The number of nitro benzene ring substituents is 1. The van der Waals surface area contributed by atoms with E-state index in [0.717, 1.165) is 21.4 Å². The van der Waals surface area contributed by atoms with Crippen molar-refractivity contribution in [2.24, 2.45) is 5.10 Å². The Labute approximate surface area is 208 Å². The van der Waals surface area contributed by atoms with Crippen molar-refractivity contribution in [2.75, 3.05) is 5.73 Å². The summed E-state index contributed by atoms with van der Waals surface area (Å²) in [6.07, 6.45) is 1.49. The van der Waals surface area contributed by atoms with Gasteiger partial charge in [-0.15, -0.1) is 5.10 Å². The third-order valence-corrected chi connectivity index (χ3v) is 5.33. The lowest BCUT2D eigenvalue weighted by Gasteiger charge is -2.05. The normalized spacial score (nSPS) is 11.0. The lowest BCUT2D eigenvalue weighted by molar-refractivity contribution is -0.384. The number of nitro groups is 1. The van der Waals surface area contributed by atoms with E-state index in [9.17, 15) is 14.9 Å². The molecule has 5 rings (SSSR count). The minimum atomic E-state index is -0.674. The summed E-state index contributed by atoms with van der Waals surface area (Å²) in [4.78, 5) is 23.5. The predicted molar refractivity (Wildman–Crippen MR) is 133 cm³/mol. The van der Waals surface area contributed by atoms with Crippen molar-refractivity contribution in [3.05, 3.63) is 100 Å². The molecule has 0 bridgehead atoms. The standard InChI is InChI=1S/C24H17N9O4/c25-22-23(30-37-29-22)32-21(18-10-12-19(13-11-18)33(35)36)20(27-31-32)24(34)28-26-14-15-6-8-17(9-7-15)16-4-2-1-3-5-16/h1-14H,(H2,25,29)(H,28,34)/b26-14-. The maximum Gasteiger partial charge on any atom is 0.294 e. The van der Waals surface area contributed by atoms with Crippen LogP contribution in [0.4, 0.5) is 11.5 Å². The molecule has 13 heteroatoms. The van der Waals surface area contributed by atoms with Crippen LogP contribution in [0.1, 0.15) is 16.1 Å². The number of benzene rings is 3. The van der Waals surface area contributed by atoms with E-state index in [1.165, 1.54) is 30.5 Å². The smallest absolute Gasteiger partial charge is 0.294 e. The Bertz CT molecular complexity index is 1590. The molecule has 0 radical (unpaired) electrons. The fourth-order valence-corrected chi connectivity index (χ4v) is 3.53. The van der Waals surface area contributed by atoms with E-state index in [0.29, 0.717) is 5.56 Å². The summed E-state index contributed by atoms with van der Waals surface area (Å²) in [7, 11) is 0. The summed E-state index contributed by atoms with van der Waals surface area (Å²) in [6, 6.07) is 23.0. The first-order valence-corrected chi connectivity index (χ1v) is 10.8. The van der Waals surface area contributed by atoms with Crippen LogP contribution in [0.25, 0.3) is 28.2 Å². The van der Waals surface area contributed by atoms with Crippen molar-refractivity contribution in [3.8, 4) is 28.2 Å². The molecule has 3 aromatic carbocycles. The Morgan fingerprint density at radius 1 is 0.973 bits per heavy atom. The zero-order chi connectivity index (χ0) is 25.8. The Morgan fingerprint density at radius 2 is 1.65 bits per heavy atom. The minimum absolute atomic E-state index is 0.00177. The van der Waals surface area contributed by atoms with Crippen LogP contribution in [0.2, 0.25) is 0 Å². The van der Waals surface area contributed by atoms with E-state index < -0.39 is 10.8 Å². The Morgan fingerprint density at radius 3 is 2.30 bits per heavy atom. The molecule has 13 nitrogen and oxygen atoms in total. The van der Waals surface area contributed by atoms with Gasteiger partial charge in [0.25, 0.3) is 11.6 Å². The molecule has 0 saturated heterocycles. The van der Waals surface area contributed by atoms with Gasteiger partial charge in [0.2, 0.25) is 11.6 Å². The second kappa shape index (κ2) is 9.87. The molecule has 0 spiro atoms. The highest BCUT2D eigenvalue weighted by Gasteiger charge is 2.25. The highest BCUT2D eigenvalue weighted by molar-refractivity contribution is 5.99. The number of hydrogen-bond acceptors (Lipinski definition) is 10. The molecule has 0 aliphatic carbocycles. The van der Waals surface area contributed by atoms with Crippen LogP contribution in [-0.2, 0) is 0 Å². The molecule has 3 N–H and O–H groups in total. The summed E-state index contributed by atoms with van der Waals surface area (Å²) >= 11 is 0. The van der Waals surface area contributed by atoms with Crippen molar-refractivity contribution in [1.82, 2.24) is 30.7 Å². The van der Waals surface area contributed by atoms with Gasteiger partial charge in [0, 0.05) is 17.7 Å². The summed E-state index contributed by atoms with van der Waals surface area (Å²) in [5.74, 6) is -0.759. The summed E-state index contributed by atoms with van der Waals surface area (Å²) in [5, 5.41) is 30.2. The molecule has 0 aliphatic heterocycles. The molecule has 0 saturated carbocycles. The monoisotopic (exact) mass is 495 g/mol. The van der Waals surface area contributed by atoms with Gasteiger partial charge in [0.15, 0.2) is 5.69 Å². The molecular weight excluding hydrogens is 478 g/mol. The van der Waals surface area contributed by atoms with Crippen LogP contribution in [0.15, 0.2) is 88.6 Å². The molecule has 0 fully saturated rings. The van der Waals surface area contributed by atoms with Gasteiger partial charge in [-0.25, -0.2) is 10.1 Å². The van der Waals surface area contributed by atoms with Crippen molar-refractivity contribution in [3.63, 3.8) is 0 Å². The van der Waals surface area contributed by atoms with Gasteiger partial charge in [0.05, 0.1) is 11.1 Å². The molecule has 0 atom stereocenters. The zero-order valence-electron chi connectivity index (χ0n) is 18.9. The molecule has 0 unspecified atom stereocenters. The molecule has 5 aromatic rings. The number of nitrogens with two attached hydrogens (primary N) is 1. The van der Waals surface area contributed by atoms with E-state index >= 15 is 0 Å². The van der Waals surface area contributed by atoms with Gasteiger partial charge in [-0.2, -0.15) is 9.78 Å². The largest absolute Gasteiger partial charge is 0.378 e. The van der Waals surface area contributed by atoms with E-state index in [1.807, 2.05) is 54.6 Å². The van der Waals surface area contributed by atoms with E-state index in [4.69, 9.17) is 5.73 Å². The summed E-state index contributed by atoms with van der Waals surface area (Å²) < 4.78 is 5.80. The number of non-ortho nitro benzene ring substituents is 1. The van der Waals surface area contributed by atoms with Crippen LogP contribution in [0.5, 0.6) is 0 Å². The summed E-state index contributed by atoms with van der Waals surface area (Å²) in [6.45, 7) is 0. The second-order valence-corrected chi connectivity index (χ2v) is 7.66. The molecule has 0 aliphatic rings. The first kappa shape index (κ1) is 23.0. The number of nitrogen functional groups attached to an aromatic ring is 1. The van der Waals surface area contributed by atoms with E-state index in [2.05, 4.69) is 35.8 Å². The number of hydrogen-bond donors (Lipinski definition) is 2. The number of aromatic nitrogens is 5. The number of amides is 1. The lowest BCUT2D eigenvalue weighted by atomic mass is 10.0. The van der Waals surface area contributed by atoms with Crippen LogP contribution in [-0.4, -0.2) is 42.4 Å². The fraction of sp³-hybridized carbons (Fsp3) is 0. The van der Waals surface area contributed by atoms with E-state index in [-0.39, 0.29) is 28.7 Å². The average molecular weight is 495 g/mol.